The standard InChI is InChI=1S/C8H12N2O2S/c1-4-5(2)13-7(10-4)6(3-9)8(11)12/h6H,3,9H2,1-2H3,(H,11,12). The summed E-state index contributed by atoms with van der Waals surface area (Å²) >= 11 is 1.40. The number of carboxylic acid groups (broad SMARTS) is 1. The molecule has 1 unspecified atom stereocenters. The van der Waals surface area contributed by atoms with Gasteiger partial charge in [-0.3, -0.25) is 4.79 Å². The first-order chi connectivity index (χ1) is 6.06. The zero-order valence-electron chi connectivity index (χ0n) is 7.57. The summed E-state index contributed by atoms with van der Waals surface area (Å²) in [5.74, 6) is -1.56. The van der Waals surface area contributed by atoms with Gasteiger partial charge in [-0.25, -0.2) is 4.98 Å². The summed E-state index contributed by atoms with van der Waals surface area (Å²) in [5.41, 5.74) is 6.24. The van der Waals surface area contributed by atoms with Gasteiger partial charge >= 0.3 is 5.97 Å². The third-order valence-corrected chi connectivity index (χ3v) is 3.06. The molecule has 1 atom stereocenters. The van der Waals surface area contributed by atoms with Gasteiger partial charge in [0.15, 0.2) is 0 Å². The molecule has 3 N–H and O–H groups in total. The maximum Gasteiger partial charge on any atom is 0.314 e. The van der Waals surface area contributed by atoms with E-state index in [1.807, 2.05) is 13.8 Å². The first-order valence-electron chi connectivity index (χ1n) is 3.93. The Morgan fingerprint density at radius 2 is 2.31 bits per heavy atom. The van der Waals surface area contributed by atoms with E-state index < -0.39 is 11.9 Å². The lowest BCUT2D eigenvalue weighted by atomic mass is 10.1. The summed E-state index contributed by atoms with van der Waals surface area (Å²) in [6.07, 6.45) is 0. The van der Waals surface area contributed by atoms with Gasteiger partial charge in [-0.1, -0.05) is 0 Å². The highest BCUT2D eigenvalue weighted by atomic mass is 32.1. The molecule has 1 aromatic rings. The van der Waals surface area contributed by atoms with Gasteiger partial charge in [-0.15, -0.1) is 11.3 Å². The topological polar surface area (TPSA) is 76.2 Å². The molecule has 0 amide bonds. The minimum absolute atomic E-state index is 0.0989. The third kappa shape index (κ3) is 2.05. The van der Waals surface area contributed by atoms with Gasteiger partial charge < -0.3 is 10.8 Å². The molecular formula is C8H12N2O2S. The van der Waals surface area contributed by atoms with Crippen molar-refractivity contribution in [1.82, 2.24) is 4.98 Å². The molecule has 0 fully saturated rings. The largest absolute Gasteiger partial charge is 0.481 e. The summed E-state index contributed by atoms with van der Waals surface area (Å²) in [7, 11) is 0. The first-order valence-corrected chi connectivity index (χ1v) is 4.74. The fourth-order valence-electron chi connectivity index (χ4n) is 0.954. The number of rotatable bonds is 3. The second-order valence-corrected chi connectivity index (χ2v) is 4.05. The van der Waals surface area contributed by atoms with E-state index in [0.717, 1.165) is 10.6 Å². The van der Waals surface area contributed by atoms with Crippen LogP contribution in [0.25, 0.3) is 0 Å². The summed E-state index contributed by atoms with van der Waals surface area (Å²) in [6, 6.07) is 0. The fourth-order valence-corrected chi connectivity index (χ4v) is 1.98. The summed E-state index contributed by atoms with van der Waals surface area (Å²) in [6.45, 7) is 3.89. The number of nitrogens with zero attached hydrogens (tertiary/aromatic N) is 1. The predicted molar refractivity (Wildman–Crippen MR) is 51.0 cm³/mol. The van der Waals surface area contributed by atoms with Crippen LogP contribution in [-0.2, 0) is 4.79 Å². The Balaban J connectivity index is 2.98. The van der Waals surface area contributed by atoms with Crippen LogP contribution >= 0.6 is 11.3 Å². The average Bonchev–Trinajstić information content (AvgIpc) is 2.32. The summed E-state index contributed by atoms with van der Waals surface area (Å²) in [4.78, 5) is 15.9. The Hall–Kier alpha value is -0.940. The van der Waals surface area contributed by atoms with Gasteiger partial charge in [0.1, 0.15) is 10.9 Å². The summed E-state index contributed by atoms with van der Waals surface area (Å²) < 4.78 is 0. The van der Waals surface area contributed by atoms with Crippen molar-refractivity contribution in [2.24, 2.45) is 5.73 Å². The normalized spacial score (nSPS) is 12.8. The number of aromatic nitrogens is 1. The van der Waals surface area contributed by atoms with Gasteiger partial charge in [0.2, 0.25) is 0 Å². The van der Waals surface area contributed by atoms with E-state index in [1.54, 1.807) is 0 Å². The van der Waals surface area contributed by atoms with Crippen molar-refractivity contribution in [2.75, 3.05) is 6.54 Å². The molecule has 0 bridgehead atoms. The van der Waals surface area contributed by atoms with Crippen LogP contribution in [0, 0.1) is 13.8 Å². The molecule has 0 radical (unpaired) electrons. The Morgan fingerprint density at radius 1 is 1.69 bits per heavy atom. The highest BCUT2D eigenvalue weighted by Crippen LogP contribution is 2.23. The molecule has 0 saturated heterocycles. The van der Waals surface area contributed by atoms with Crippen LogP contribution in [0.1, 0.15) is 21.5 Å². The van der Waals surface area contributed by atoms with Gasteiger partial charge in [-0.05, 0) is 13.8 Å². The van der Waals surface area contributed by atoms with E-state index in [-0.39, 0.29) is 6.54 Å². The number of thiazole rings is 1. The molecule has 0 spiro atoms. The molecule has 72 valence electrons. The molecular weight excluding hydrogens is 188 g/mol. The maximum atomic E-state index is 10.7. The summed E-state index contributed by atoms with van der Waals surface area (Å²) in [5, 5.41) is 9.42. The van der Waals surface area contributed by atoms with Crippen molar-refractivity contribution in [3.05, 3.63) is 15.6 Å². The van der Waals surface area contributed by atoms with Crippen LogP contribution < -0.4 is 5.73 Å². The minimum Gasteiger partial charge on any atom is -0.481 e. The second-order valence-electron chi connectivity index (χ2n) is 2.82. The second kappa shape index (κ2) is 3.85. The van der Waals surface area contributed by atoms with E-state index in [2.05, 4.69) is 4.98 Å². The number of carbonyl (C=O) groups is 1. The third-order valence-electron chi connectivity index (χ3n) is 1.88. The molecule has 0 saturated carbocycles. The van der Waals surface area contributed by atoms with Crippen LogP contribution in [0.2, 0.25) is 0 Å². The molecule has 1 aromatic heterocycles. The van der Waals surface area contributed by atoms with Crippen molar-refractivity contribution < 1.29 is 9.90 Å². The Morgan fingerprint density at radius 3 is 2.62 bits per heavy atom. The molecule has 0 aliphatic rings. The van der Waals surface area contributed by atoms with Crippen molar-refractivity contribution in [3.8, 4) is 0 Å². The van der Waals surface area contributed by atoms with Crippen LogP contribution in [0.15, 0.2) is 0 Å². The molecule has 5 heteroatoms. The number of aliphatic carboxylic acids is 1. The zero-order valence-corrected chi connectivity index (χ0v) is 8.39. The van der Waals surface area contributed by atoms with Crippen LogP contribution in [0.4, 0.5) is 0 Å². The fraction of sp³-hybridized carbons (Fsp3) is 0.500. The smallest absolute Gasteiger partial charge is 0.314 e. The van der Waals surface area contributed by atoms with Gasteiger partial charge in [0.05, 0.1) is 5.69 Å². The molecule has 1 heterocycles. The molecule has 0 aromatic carbocycles. The van der Waals surface area contributed by atoms with Crippen molar-refractivity contribution >= 4 is 17.3 Å². The predicted octanol–water partition coefficient (Wildman–Crippen LogP) is 0.887. The zero-order chi connectivity index (χ0) is 10.0. The van der Waals surface area contributed by atoms with Gasteiger partial charge in [0, 0.05) is 11.4 Å². The van der Waals surface area contributed by atoms with Gasteiger partial charge in [-0.2, -0.15) is 0 Å². The molecule has 4 nitrogen and oxygen atoms in total. The van der Waals surface area contributed by atoms with E-state index in [1.165, 1.54) is 11.3 Å². The van der Waals surface area contributed by atoms with E-state index >= 15 is 0 Å². The number of aryl methyl sites for hydroxylation is 2. The lowest BCUT2D eigenvalue weighted by Gasteiger charge is -2.03. The number of hydrogen-bond acceptors (Lipinski definition) is 4. The lowest BCUT2D eigenvalue weighted by molar-refractivity contribution is -0.138. The number of carboxylic acids is 1. The van der Waals surface area contributed by atoms with Crippen molar-refractivity contribution in [3.63, 3.8) is 0 Å². The quantitative estimate of drug-likeness (QED) is 0.759. The highest BCUT2D eigenvalue weighted by Gasteiger charge is 2.21. The number of hydrogen-bond donors (Lipinski definition) is 2. The average molecular weight is 200 g/mol. The molecule has 1 rings (SSSR count). The lowest BCUT2D eigenvalue weighted by Crippen LogP contribution is -2.20. The highest BCUT2D eigenvalue weighted by molar-refractivity contribution is 7.11. The Bertz CT molecular complexity index is 302. The van der Waals surface area contributed by atoms with Crippen LogP contribution in [0.5, 0.6) is 0 Å². The Labute approximate surface area is 80.4 Å². The van der Waals surface area contributed by atoms with E-state index in [4.69, 9.17) is 10.8 Å². The molecule has 0 aliphatic carbocycles. The Kier molecular flexibility index (Phi) is 3.00. The van der Waals surface area contributed by atoms with Crippen LogP contribution in [-0.4, -0.2) is 22.6 Å². The van der Waals surface area contributed by atoms with Crippen LogP contribution in [0.3, 0.4) is 0 Å². The van der Waals surface area contributed by atoms with Crippen molar-refractivity contribution in [1.29, 1.82) is 0 Å². The SMILES string of the molecule is Cc1nc(C(CN)C(=O)O)sc1C. The van der Waals surface area contributed by atoms with Gasteiger partial charge in [0.25, 0.3) is 0 Å². The maximum absolute atomic E-state index is 10.7. The molecule has 13 heavy (non-hydrogen) atoms. The van der Waals surface area contributed by atoms with E-state index in [0.29, 0.717) is 5.01 Å². The molecule has 0 aliphatic heterocycles. The minimum atomic E-state index is -0.906. The van der Waals surface area contributed by atoms with E-state index in [9.17, 15) is 4.79 Å². The number of nitrogens with two attached hydrogens (primary N) is 1. The van der Waals surface area contributed by atoms with Crippen molar-refractivity contribution in [2.45, 2.75) is 19.8 Å². The monoisotopic (exact) mass is 200 g/mol. The first kappa shape index (κ1) is 10.1.